The first-order chi connectivity index (χ1) is 17.7. The number of urea groups is 1. The van der Waals surface area contributed by atoms with Crippen molar-refractivity contribution in [1.82, 2.24) is 5.32 Å². The molecule has 0 aliphatic carbocycles. The van der Waals surface area contributed by atoms with Gasteiger partial charge in [0.25, 0.3) is 17.5 Å². The van der Waals surface area contributed by atoms with Gasteiger partial charge in [0.15, 0.2) is 0 Å². The van der Waals surface area contributed by atoms with Crippen LogP contribution in [0.15, 0.2) is 76.8 Å². The van der Waals surface area contributed by atoms with Gasteiger partial charge in [0, 0.05) is 22.2 Å². The lowest BCUT2D eigenvalue weighted by Crippen LogP contribution is -2.54. The van der Waals surface area contributed by atoms with Crippen molar-refractivity contribution < 1.29 is 33.6 Å². The lowest BCUT2D eigenvalue weighted by Gasteiger charge is -2.27. The maximum Gasteiger partial charge on any atom is 0.343 e. The van der Waals surface area contributed by atoms with Crippen molar-refractivity contribution in [3.63, 3.8) is 0 Å². The number of nitro groups is 1. The molecule has 1 fully saturated rings. The molecule has 1 heterocycles. The van der Waals surface area contributed by atoms with E-state index in [9.17, 15) is 29.3 Å². The van der Waals surface area contributed by atoms with E-state index in [1.54, 1.807) is 24.3 Å². The SMILES string of the molecule is COc1ccccc1N1C(=O)NC(=O)/C(=C/c2cc(Br)ccc2OC(=O)c2ccc([N+](=O)[O-])cc2)C1=O. The van der Waals surface area contributed by atoms with E-state index in [4.69, 9.17) is 9.47 Å². The van der Waals surface area contributed by atoms with Crippen LogP contribution in [-0.2, 0) is 9.59 Å². The van der Waals surface area contributed by atoms with Gasteiger partial charge in [-0.2, -0.15) is 0 Å². The van der Waals surface area contributed by atoms with Crippen LogP contribution < -0.4 is 19.7 Å². The number of nitrogens with zero attached hydrogens (tertiary/aromatic N) is 2. The second kappa shape index (κ2) is 10.4. The molecule has 0 atom stereocenters. The monoisotopic (exact) mass is 565 g/mol. The van der Waals surface area contributed by atoms with Crippen molar-refractivity contribution in [3.05, 3.63) is 98.0 Å². The molecule has 186 valence electrons. The first-order valence-electron chi connectivity index (χ1n) is 10.5. The molecule has 0 bridgehead atoms. The van der Waals surface area contributed by atoms with Crippen LogP contribution >= 0.6 is 15.9 Å². The topological polar surface area (TPSA) is 145 Å². The van der Waals surface area contributed by atoms with Gasteiger partial charge in [0.2, 0.25) is 0 Å². The highest BCUT2D eigenvalue weighted by molar-refractivity contribution is 9.10. The molecule has 4 rings (SSSR count). The average molecular weight is 566 g/mol. The first kappa shape index (κ1) is 25.3. The number of hydrogen-bond acceptors (Lipinski definition) is 8. The second-order valence-electron chi connectivity index (χ2n) is 7.51. The number of carbonyl (C=O) groups is 4. The van der Waals surface area contributed by atoms with Crippen LogP contribution in [0.25, 0.3) is 6.08 Å². The molecule has 0 saturated carbocycles. The molecule has 4 amide bonds. The van der Waals surface area contributed by atoms with Gasteiger partial charge in [0.05, 0.1) is 23.3 Å². The Kier molecular flexibility index (Phi) is 7.11. The Balaban J connectivity index is 1.69. The number of carbonyl (C=O) groups excluding carboxylic acids is 4. The van der Waals surface area contributed by atoms with Crippen molar-refractivity contribution in [2.24, 2.45) is 0 Å². The Hall–Kier alpha value is -4.84. The summed E-state index contributed by atoms with van der Waals surface area (Å²) >= 11 is 3.30. The van der Waals surface area contributed by atoms with Crippen LogP contribution in [0.3, 0.4) is 0 Å². The van der Waals surface area contributed by atoms with Crippen LogP contribution in [-0.4, -0.2) is 35.8 Å². The van der Waals surface area contributed by atoms with Crippen LogP contribution in [0, 0.1) is 10.1 Å². The lowest BCUT2D eigenvalue weighted by molar-refractivity contribution is -0.384. The molecule has 0 radical (unpaired) electrons. The molecule has 37 heavy (non-hydrogen) atoms. The first-order valence-corrected chi connectivity index (χ1v) is 11.3. The minimum atomic E-state index is -0.948. The van der Waals surface area contributed by atoms with Crippen molar-refractivity contribution >= 4 is 57.2 Å². The van der Waals surface area contributed by atoms with E-state index in [1.807, 2.05) is 0 Å². The molecule has 0 spiro atoms. The third-order valence-corrected chi connectivity index (χ3v) is 5.71. The summed E-state index contributed by atoms with van der Waals surface area (Å²) in [4.78, 5) is 62.1. The van der Waals surface area contributed by atoms with Gasteiger partial charge < -0.3 is 9.47 Å². The second-order valence-corrected chi connectivity index (χ2v) is 8.42. The van der Waals surface area contributed by atoms with Gasteiger partial charge in [0.1, 0.15) is 17.1 Å². The van der Waals surface area contributed by atoms with Gasteiger partial charge in [-0.25, -0.2) is 14.5 Å². The number of imide groups is 2. The summed E-state index contributed by atoms with van der Waals surface area (Å²) in [6.45, 7) is 0. The standard InChI is InChI=1S/C25H16BrN3O8/c1-36-21-5-3-2-4-19(21)28-23(31)18(22(30)27-25(28)33)13-15-12-16(26)8-11-20(15)37-24(32)14-6-9-17(10-7-14)29(34)35/h2-13H,1H3,(H,27,30,33)/b18-13-. The van der Waals surface area contributed by atoms with E-state index in [1.165, 1.54) is 43.5 Å². The quantitative estimate of drug-likeness (QED) is 0.116. The highest BCUT2D eigenvalue weighted by atomic mass is 79.9. The number of non-ortho nitro benzene ring substituents is 1. The smallest absolute Gasteiger partial charge is 0.343 e. The number of hydrogen-bond donors (Lipinski definition) is 1. The number of amides is 4. The molecule has 0 unspecified atom stereocenters. The number of ether oxygens (including phenoxy) is 2. The number of rotatable bonds is 6. The number of benzene rings is 3. The molecule has 1 N–H and O–H groups in total. The zero-order chi connectivity index (χ0) is 26.7. The number of methoxy groups -OCH3 is 1. The predicted molar refractivity (Wildman–Crippen MR) is 134 cm³/mol. The van der Waals surface area contributed by atoms with Crippen LogP contribution in [0.1, 0.15) is 15.9 Å². The fraction of sp³-hybridized carbons (Fsp3) is 0.0400. The molecule has 11 nitrogen and oxygen atoms in total. The Labute approximate surface area is 217 Å². The number of halogens is 1. The van der Waals surface area contributed by atoms with Crippen molar-refractivity contribution in [1.29, 1.82) is 0 Å². The molecule has 12 heteroatoms. The van der Waals surface area contributed by atoms with Crippen LogP contribution in [0.2, 0.25) is 0 Å². The van der Waals surface area contributed by atoms with Crippen molar-refractivity contribution in [3.8, 4) is 11.5 Å². The molecule has 1 aliphatic rings. The normalized spacial score (nSPS) is 14.4. The molecular formula is C25H16BrN3O8. The summed E-state index contributed by atoms with van der Waals surface area (Å²) in [5.41, 5.74) is -0.230. The van der Waals surface area contributed by atoms with Crippen LogP contribution in [0.5, 0.6) is 11.5 Å². The lowest BCUT2D eigenvalue weighted by atomic mass is 10.1. The predicted octanol–water partition coefficient (Wildman–Crippen LogP) is 4.25. The summed E-state index contributed by atoms with van der Waals surface area (Å²) in [5, 5.41) is 13.0. The van der Waals surface area contributed by atoms with E-state index in [0.29, 0.717) is 4.47 Å². The van der Waals surface area contributed by atoms with Gasteiger partial charge in [-0.1, -0.05) is 28.1 Å². The number of anilines is 1. The minimum Gasteiger partial charge on any atom is -0.495 e. The molecule has 1 aliphatic heterocycles. The maximum absolute atomic E-state index is 13.3. The summed E-state index contributed by atoms with van der Waals surface area (Å²) in [6.07, 6.45) is 1.19. The molecular weight excluding hydrogens is 550 g/mol. The molecule has 3 aromatic rings. The Morgan fingerprint density at radius 2 is 1.73 bits per heavy atom. The fourth-order valence-corrected chi connectivity index (χ4v) is 3.83. The highest BCUT2D eigenvalue weighted by Gasteiger charge is 2.38. The van der Waals surface area contributed by atoms with Gasteiger partial charge in [-0.15, -0.1) is 0 Å². The van der Waals surface area contributed by atoms with Crippen molar-refractivity contribution in [2.45, 2.75) is 0 Å². The highest BCUT2D eigenvalue weighted by Crippen LogP contribution is 2.32. The van der Waals surface area contributed by atoms with Gasteiger partial charge >= 0.3 is 12.0 Å². The largest absolute Gasteiger partial charge is 0.495 e. The Bertz CT molecular complexity index is 1480. The molecule has 3 aromatic carbocycles. The van der Waals surface area contributed by atoms with Gasteiger partial charge in [-0.05, 0) is 48.5 Å². The summed E-state index contributed by atoms with van der Waals surface area (Å²) < 4.78 is 11.2. The average Bonchev–Trinajstić information content (AvgIpc) is 2.88. The summed E-state index contributed by atoms with van der Waals surface area (Å²) in [5.74, 6) is -2.43. The van der Waals surface area contributed by atoms with Gasteiger partial charge in [-0.3, -0.25) is 25.0 Å². The molecule has 1 saturated heterocycles. The number of nitrogens with one attached hydrogen (secondary N) is 1. The summed E-state index contributed by atoms with van der Waals surface area (Å²) in [6, 6.07) is 14.7. The van der Waals surface area contributed by atoms with E-state index < -0.39 is 34.3 Å². The maximum atomic E-state index is 13.3. The fourth-order valence-electron chi connectivity index (χ4n) is 3.45. The number of para-hydroxylation sites is 2. The number of barbiturate groups is 1. The van der Waals surface area contributed by atoms with E-state index >= 15 is 0 Å². The van der Waals surface area contributed by atoms with Crippen molar-refractivity contribution in [2.75, 3.05) is 12.0 Å². The Morgan fingerprint density at radius 3 is 2.41 bits per heavy atom. The van der Waals surface area contributed by atoms with E-state index in [-0.39, 0.29) is 34.0 Å². The van der Waals surface area contributed by atoms with E-state index in [0.717, 1.165) is 17.0 Å². The van der Waals surface area contributed by atoms with Crippen LogP contribution in [0.4, 0.5) is 16.2 Å². The molecule has 0 aromatic heterocycles. The Morgan fingerprint density at radius 1 is 1.03 bits per heavy atom. The zero-order valence-corrected chi connectivity index (χ0v) is 20.6. The third-order valence-electron chi connectivity index (χ3n) is 5.22. The third kappa shape index (κ3) is 5.23. The number of esters is 1. The zero-order valence-electron chi connectivity index (χ0n) is 19.0. The summed E-state index contributed by atoms with van der Waals surface area (Å²) in [7, 11) is 1.38. The van der Waals surface area contributed by atoms with E-state index in [2.05, 4.69) is 21.2 Å². The minimum absolute atomic E-state index is 0.000365. The number of nitro benzene ring substituents is 1.